The Morgan fingerprint density at radius 1 is 0.658 bits per heavy atom. The largest absolute Gasteiger partial charge is 1.00 e. The molecule has 0 unspecified atom stereocenters. The van der Waals surface area contributed by atoms with Crippen LogP contribution in [0.5, 0.6) is 0 Å². The molecule has 0 N–H and O–H groups in total. The Morgan fingerprint density at radius 2 is 1.26 bits per heavy atom. The number of fused-ring (bicyclic) bond motifs is 3. The van der Waals surface area contributed by atoms with Gasteiger partial charge in [0.15, 0.2) is 0 Å². The van der Waals surface area contributed by atoms with E-state index in [1.807, 2.05) is 0 Å². The maximum Gasteiger partial charge on any atom is -1.00 e. The molecule has 0 amide bonds. The SMILES string of the molecule is CC1=C(C)C[C]([Zr+2](=[C](c2ccccc2)c2ccccc2)[c]2c(C)ccc3c2Cc2cc(C)ccc2-3)=C1.[Cl-].[Cl-]. The van der Waals surface area contributed by atoms with Gasteiger partial charge in [0.25, 0.3) is 0 Å². The molecule has 2 aliphatic carbocycles. The van der Waals surface area contributed by atoms with Gasteiger partial charge in [0.05, 0.1) is 0 Å². The average Bonchev–Trinajstić information content (AvgIpc) is 3.42. The smallest absolute Gasteiger partial charge is 1.00 e. The van der Waals surface area contributed by atoms with E-state index in [4.69, 9.17) is 0 Å². The zero-order valence-corrected chi connectivity index (χ0v) is 26.4. The van der Waals surface area contributed by atoms with Crippen molar-refractivity contribution in [2.24, 2.45) is 0 Å². The number of halogens is 2. The van der Waals surface area contributed by atoms with Crippen LogP contribution in [0.4, 0.5) is 0 Å². The molecule has 0 atom stereocenters. The minimum absolute atomic E-state index is 0. The van der Waals surface area contributed by atoms with Crippen molar-refractivity contribution in [3.8, 4) is 11.1 Å². The van der Waals surface area contributed by atoms with Crippen molar-refractivity contribution in [3.63, 3.8) is 0 Å². The van der Waals surface area contributed by atoms with Gasteiger partial charge >= 0.3 is 224 Å². The van der Waals surface area contributed by atoms with E-state index < -0.39 is 21.3 Å². The number of hydrogen-bond acceptors (Lipinski definition) is 0. The molecule has 0 nitrogen and oxygen atoms in total. The van der Waals surface area contributed by atoms with Crippen LogP contribution in [0.15, 0.2) is 111 Å². The number of aryl methyl sites for hydroxylation is 2. The molecule has 0 fully saturated rings. The molecule has 0 saturated heterocycles. The summed E-state index contributed by atoms with van der Waals surface area (Å²) in [5.74, 6) is 0. The average molecular weight is 615 g/mol. The number of allylic oxidation sites excluding steroid dienone is 4. The summed E-state index contributed by atoms with van der Waals surface area (Å²) in [6, 6.07) is 34.3. The molecular weight excluding hydrogens is 583 g/mol. The Labute approximate surface area is 247 Å². The molecule has 0 aromatic heterocycles. The fraction of sp³-hybridized carbons (Fsp3) is 0.171. The van der Waals surface area contributed by atoms with Crippen LogP contribution >= 0.6 is 0 Å². The first-order chi connectivity index (χ1) is 17.5. The monoisotopic (exact) mass is 612 g/mol. The molecule has 4 aromatic carbocycles. The molecule has 0 radical (unpaired) electrons. The van der Waals surface area contributed by atoms with Crippen LogP contribution in [0.3, 0.4) is 0 Å². The van der Waals surface area contributed by atoms with Gasteiger partial charge in [-0.2, -0.15) is 0 Å². The molecule has 0 aliphatic heterocycles. The predicted octanol–water partition coefficient (Wildman–Crippen LogP) is 2.02. The van der Waals surface area contributed by atoms with Crippen molar-refractivity contribution in [1.29, 1.82) is 0 Å². The zero-order chi connectivity index (χ0) is 24.8. The van der Waals surface area contributed by atoms with Crippen molar-refractivity contribution in [1.82, 2.24) is 0 Å². The molecule has 2 aliphatic rings. The third-order valence-corrected chi connectivity index (χ3v) is 15.9. The van der Waals surface area contributed by atoms with Gasteiger partial charge in [0, 0.05) is 0 Å². The van der Waals surface area contributed by atoms with Gasteiger partial charge in [0.2, 0.25) is 0 Å². The molecule has 0 saturated carbocycles. The third-order valence-electron chi connectivity index (χ3n) is 7.90. The Morgan fingerprint density at radius 3 is 1.84 bits per heavy atom. The summed E-state index contributed by atoms with van der Waals surface area (Å²) < 4.78 is 5.01. The molecule has 3 heteroatoms. The quantitative estimate of drug-likeness (QED) is 0.291. The first-order valence-electron chi connectivity index (χ1n) is 13.0. The van der Waals surface area contributed by atoms with E-state index in [2.05, 4.69) is 125 Å². The van der Waals surface area contributed by atoms with E-state index in [1.165, 1.54) is 50.1 Å². The standard InChI is InChI=1S/C15H13.C13H10.C7H9.2ClH.Zr/c1-10-3-5-14-12(7-10)9-13-8-11(2)4-6-15(13)14;1-3-7-12(8-4-1)11-13-9-5-2-6-10-13;1-6-4-3-5-7(6)2;;;/h3-7H,9H2,1-2H3;1-10H;4H,5H2,1-2H3;2*1H;/q;;;;;+2/p-2. The molecule has 0 heterocycles. The van der Waals surface area contributed by atoms with Crippen LogP contribution in [0.1, 0.15) is 53.6 Å². The number of rotatable bonds is 4. The second-order valence-electron chi connectivity index (χ2n) is 10.4. The number of benzene rings is 4. The van der Waals surface area contributed by atoms with E-state index in [1.54, 1.807) is 15.3 Å². The van der Waals surface area contributed by atoms with Crippen LogP contribution < -0.4 is 28.1 Å². The summed E-state index contributed by atoms with van der Waals surface area (Å²) in [4.78, 5) is 0. The van der Waals surface area contributed by atoms with Crippen molar-refractivity contribution in [2.75, 3.05) is 0 Å². The summed E-state index contributed by atoms with van der Waals surface area (Å²) >= 11 is -2.61. The normalized spacial score (nSPS) is 13.0. The van der Waals surface area contributed by atoms with Crippen LogP contribution in [0.2, 0.25) is 0 Å². The molecule has 0 bridgehead atoms. The van der Waals surface area contributed by atoms with Crippen LogP contribution in [-0.2, 0) is 27.7 Å². The molecule has 6 rings (SSSR count). The number of hydrogen-bond donors (Lipinski definition) is 0. The van der Waals surface area contributed by atoms with E-state index in [0.717, 1.165) is 12.8 Å². The van der Waals surface area contributed by atoms with Crippen molar-refractivity contribution < 1.29 is 46.1 Å². The van der Waals surface area contributed by atoms with Gasteiger partial charge in [-0.15, -0.1) is 0 Å². The molecule has 38 heavy (non-hydrogen) atoms. The van der Waals surface area contributed by atoms with Gasteiger partial charge in [-0.25, -0.2) is 0 Å². The maximum absolute atomic E-state index is 2.61. The fourth-order valence-corrected chi connectivity index (χ4v) is 14.9. The fourth-order valence-electron chi connectivity index (χ4n) is 6.00. The van der Waals surface area contributed by atoms with E-state index in [0.29, 0.717) is 0 Å². The van der Waals surface area contributed by atoms with Gasteiger partial charge in [-0.1, -0.05) is 0 Å². The van der Waals surface area contributed by atoms with Gasteiger partial charge in [-0.3, -0.25) is 0 Å². The molecule has 0 spiro atoms. The molecular formula is C35H32Cl2Zr. The Bertz CT molecular complexity index is 1550. The minimum Gasteiger partial charge on any atom is -1.00 e. The van der Waals surface area contributed by atoms with Crippen molar-refractivity contribution in [2.45, 2.75) is 40.5 Å². The van der Waals surface area contributed by atoms with Crippen LogP contribution in [-0.4, -0.2) is 3.21 Å². The van der Waals surface area contributed by atoms with Crippen LogP contribution in [0, 0.1) is 13.8 Å². The van der Waals surface area contributed by atoms with Gasteiger partial charge in [-0.05, 0) is 0 Å². The first-order valence-corrected chi connectivity index (χ1v) is 16.6. The van der Waals surface area contributed by atoms with Gasteiger partial charge in [0.1, 0.15) is 0 Å². The summed E-state index contributed by atoms with van der Waals surface area (Å²) in [5, 5.41) is 0. The second-order valence-corrected chi connectivity index (χ2v) is 16.3. The second kappa shape index (κ2) is 11.8. The van der Waals surface area contributed by atoms with Crippen molar-refractivity contribution >= 4 is 6.48 Å². The first kappa shape index (κ1) is 28.7. The zero-order valence-electron chi connectivity index (χ0n) is 22.4. The topological polar surface area (TPSA) is 0 Å². The summed E-state index contributed by atoms with van der Waals surface area (Å²) in [7, 11) is 0. The Hall–Kier alpha value is -2.31. The van der Waals surface area contributed by atoms with Gasteiger partial charge < -0.3 is 24.8 Å². The predicted molar refractivity (Wildman–Crippen MR) is 151 cm³/mol. The van der Waals surface area contributed by atoms with Crippen LogP contribution in [0.25, 0.3) is 11.1 Å². The summed E-state index contributed by atoms with van der Waals surface area (Å²) in [5.41, 5.74) is 14.6. The minimum atomic E-state index is -2.61. The summed E-state index contributed by atoms with van der Waals surface area (Å²) in [6.07, 6.45) is 4.74. The molecule has 190 valence electrons. The van der Waals surface area contributed by atoms with E-state index in [-0.39, 0.29) is 24.8 Å². The molecule has 4 aromatic rings. The third kappa shape index (κ3) is 5.14. The Kier molecular flexibility index (Phi) is 8.94. The van der Waals surface area contributed by atoms with Crippen molar-refractivity contribution in [3.05, 3.63) is 145 Å². The summed E-state index contributed by atoms with van der Waals surface area (Å²) in [6.45, 7) is 9.20. The maximum atomic E-state index is 2.56. The Balaban J connectivity index is 0.00000168. The van der Waals surface area contributed by atoms with E-state index >= 15 is 0 Å². The van der Waals surface area contributed by atoms with E-state index in [9.17, 15) is 0 Å².